The van der Waals surface area contributed by atoms with E-state index in [1.807, 2.05) is 72.4 Å². The smallest absolute Gasteiger partial charge is 0.271 e. The maximum Gasteiger partial charge on any atom is 0.271 e. The monoisotopic (exact) mass is 427 g/mol. The van der Waals surface area contributed by atoms with Crippen molar-refractivity contribution in [3.8, 4) is 11.4 Å². The number of nitrogens with one attached hydrogen (secondary N) is 1. The van der Waals surface area contributed by atoms with Crippen molar-refractivity contribution >= 4 is 11.6 Å². The summed E-state index contributed by atoms with van der Waals surface area (Å²) in [6.45, 7) is 2.18. The van der Waals surface area contributed by atoms with Gasteiger partial charge in [-0.05, 0) is 90.8 Å². The number of hydrogen-bond acceptors (Lipinski definition) is 3. The van der Waals surface area contributed by atoms with Gasteiger partial charge in [0.1, 0.15) is 18.2 Å². The SMILES string of the molecule is C/C(=N\NC(=O)c1ccc(-n2cccc2)cc1)c1ccc(OCc2ccc(F)cc2)cc1. The van der Waals surface area contributed by atoms with Gasteiger partial charge in [0.15, 0.2) is 0 Å². The van der Waals surface area contributed by atoms with Crippen LogP contribution < -0.4 is 10.2 Å². The van der Waals surface area contributed by atoms with Crippen molar-refractivity contribution in [1.82, 2.24) is 9.99 Å². The summed E-state index contributed by atoms with van der Waals surface area (Å²) in [6, 6.07) is 24.8. The highest BCUT2D eigenvalue weighted by Crippen LogP contribution is 2.15. The summed E-state index contributed by atoms with van der Waals surface area (Å²) in [5, 5.41) is 4.21. The molecule has 0 radical (unpaired) electrons. The van der Waals surface area contributed by atoms with Crippen molar-refractivity contribution in [3.63, 3.8) is 0 Å². The van der Waals surface area contributed by atoms with Gasteiger partial charge in [-0.1, -0.05) is 12.1 Å². The number of rotatable bonds is 7. The molecule has 0 unspecified atom stereocenters. The Balaban J connectivity index is 1.33. The number of benzene rings is 3. The lowest BCUT2D eigenvalue weighted by Gasteiger charge is -2.08. The zero-order valence-electron chi connectivity index (χ0n) is 17.5. The predicted molar refractivity (Wildman–Crippen MR) is 123 cm³/mol. The Bertz CT molecular complexity index is 1200. The van der Waals surface area contributed by atoms with Crippen molar-refractivity contribution < 1.29 is 13.9 Å². The van der Waals surface area contributed by atoms with Gasteiger partial charge in [0.2, 0.25) is 0 Å². The molecule has 160 valence electrons. The van der Waals surface area contributed by atoms with Gasteiger partial charge in [0, 0.05) is 23.6 Å². The zero-order valence-corrected chi connectivity index (χ0v) is 17.5. The van der Waals surface area contributed by atoms with Gasteiger partial charge in [0.05, 0.1) is 5.71 Å². The van der Waals surface area contributed by atoms with E-state index in [0.29, 0.717) is 23.6 Å². The molecule has 1 N–H and O–H groups in total. The Morgan fingerprint density at radius 1 is 0.906 bits per heavy atom. The third-order valence-corrected chi connectivity index (χ3v) is 4.95. The largest absolute Gasteiger partial charge is 0.489 e. The van der Waals surface area contributed by atoms with E-state index in [4.69, 9.17) is 4.74 Å². The maximum absolute atomic E-state index is 13.0. The molecule has 6 heteroatoms. The number of hydrogen-bond donors (Lipinski definition) is 1. The first-order valence-electron chi connectivity index (χ1n) is 10.1. The number of carbonyl (C=O) groups excluding carboxylic acids is 1. The predicted octanol–water partition coefficient (Wildman–Crippen LogP) is 5.35. The van der Waals surface area contributed by atoms with E-state index >= 15 is 0 Å². The van der Waals surface area contributed by atoms with Crippen LogP contribution >= 0.6 is 0 Å². The molecule has 0 atom stereocenters. The van der Waals surface area contributed by atoms with Gasteiger partial charge in [0.25, 0.3) is 5.91 Å². The average Bonchev–Trinajstić information content (AvgIpc) is 3.37. The van der Waals surface area contributed by atoms with Crippen LogP contribution in [0.1, 0.15) is 28.4 Å². The number of ether oxygens (including phenoxy) is 1. The van der Waals surface area contributed by atoms with E-state index in [1.165, 1.54) is 12.1 Å². The Hall–Kier alpha value is -4.19. The topological polar surface area (TPSA) is 55.6 Å². The van der Waals surface area contributed by atoms with Crippen molar-refractivity contribution in [2.24, 2.45) is 5.10 Å². The van der Waals surface area contributed by atoms with E-state index in [2.05, 4.69) is 10.5 Å². The molecule has 0 saturated heterocycles. The summed E-state index contributed by atoms with van der Waals surface area (Å²) in [6.07, 6.45) is 3.89. The van der Waals surface area contributed by atoms with Crippen LogP contribution in [0, 0.1) is 5.82 Å². The third-order valence-electron chi connectivity index (χ3n) is 4.95. The second-order valence-electron chi connectivity index (χ2n) is 7.21. The zero-order chi connectivity index (χ0) is 22.3. The quantitative estimate of drug-likeness (QED) is 0.319. The lowest BCUT2D eigenvalue weighted by Crippen LogP contribution is -2.19. The van der Waals surface area contributed by atoms with Crippen LogP contribution in [-0.2, 0) is 6.61 Å². The van der Waals surface area contributed by atoms with E-state index < -0.39 is 0 Å². The van der Waals surface area contributed by atoms with Crippen LogP contribution in [0.4, 0.5) is 4.39 Å². The first-order valence-corrected chi connectivity index (χ1v) is 10.1. The van der Waals surface area contributed by atoms with Crippen LogP contribution in [0.3, 0.4) is 0 Å². The molecule has 3 aromatic carbocycles. The van der Waals surface area contributed by atoms with Crippen LogP contribution in [0.25, 0.3) is 5.69 Å². The van der Waals surface area contributed by atoms with Gasteiger partial charge in [-0.2, -0.15) is 5.10 Å². The summed E-state index contributed by atoms with van der Waals surface area (Å²) >= 11 is 0. The van der Waals surface area contributed by atoms with Gasteiger partial charge in [-0.3, -0.25) is 4.79 Å². The fraction of sp³-hybridized carbons (Fsp3) is 0.0769. The first kappa shape index (κ1) is 21.1. The van der Waals surface area contributed by atoms with E-state index in [9.17, 15) is 9.18 Å². The Morgan fingerprint density at radius 3 is 2.19 bits per heavy atom. The van der Waals surface area contributed by atoms with Crippen LogP contribution in [-0.4, -0.2) is 16.2 Å². The molecule has 1 heterocycles. The van der Waals surface area contributed by atoms with Gasteiger partial charge < -0.3 is 9.30 Å². The highest BCUT2D eigenvalue weighted by Gasteiger charge is 2.06. The van der Waals surface area contributed by atoms with E-state index in [-0.39, 0.29) is 11.7 Å². The molecule has 0 spiro atoms. The Kier molecular flexibility index (Phi) is 6.41. The molecule has 5 nitrogen and oxygen atoms in total. The number of nitrogens with zero attached hydrogens (tertiary/aromatic N) is 2. The van der Waals surface area contributed by atoms with E-state index in [1.54, 1.807) is 24.3 Å². The van der Waals surface area contributed by atoms with Crippen LogP contribution in [0.15, 0.2) is 102 Å². The summed E-state index contributed by atoms with van der Waals surface area (Å²) < 4.78 is 20.7. The molecule has 0 saturated carbocycles. The van der Waals surface area contributed by atoms with Crippen molar-refractivity contribution in [1.29, 1.82) is 0 Å². The molecular weight excluding hydrogens is 405 g/mol. The van der Waals surface area contributed by atoms with Crippen molar-refractivity contribution in [2.45, 2.75) is 13.5 Å². The van der Waals surface area contributed by atoms with Crippen molar-refractivity contribution in [3.05, 3.63) is 120 Å². The third kappa shape index (κ3) is 5.29. The molecule has 0 fully saturated rings. The standard InChI is InChI=1S/C26H22FN3O2/c1-19(21-8-14-25(15-9-21)32-18-20-4-10-23(27)11-5-20)28-29-26(31)22-6-12-24(13-7-22)30-16-2-3-17-30/h2-17H,18H2,1H3,(H,29,31)/b28-19+. The Morgan fingerprint density at radius 2 is 1.53 bits per heavy atom. The minimum Gasteiger partial charge on any atom is -0.489 e. The summed E-state index contributed by atoms with van der Waals surface area (Å²) in [5.41, 5.74) is 6.53. The highest BCUT2D eigenvalue weighted by atomic mass is 19.1. The van der Waals surface area contributed by atoms with E-state index in [0.717, 1.165) is 16.8 Å². The molecule has 0 aliphatic rings. The molecule has 4 aromatic rings. The highest BCUT2D eigenvalue weighted by molar-refractivity contribution is 6.00. The fourth-order valence-corrected chi connectivity index (χ4v) is 3.09. The molecule has 4 rings (SSSR count). The van der Waals surface area contributed by atoms with Crippen LogP contribution in [0.2, 0.25) is 0 Å². The summed E-state index contributed by atoms with van der Waals surface area (Å²) in [5.74, 6) is 0.147. The average molecular weight is 427 g/mol. The number of carbonyl (C=O) groups is 1. The molecule has 1 aromatic heterocycles. The molecule has 32 heavy (non-hydrogen) atoms. The second-order valence-corrected chi connectivity index (χ2v) is 7.21. The summed E-state index contributed by atoms with van der Waals surface area (Å²) in [4.78, 5) is 12.4. The lowest BCUT2D eigenvalue weighted by atomic mass is 10.1. The minimum atomic E-state index is -0.275. The first-order chi connectivity index (χ1) is 15.6. The summed E-state index contributed by atoms with van der Waals surface area (Å²) in [7, 11) is 0. The fourth-order valence-electron chi connectivity index (χ4n) is 3.09. The maximum atomic E-state index is 13.0. The molecule has 0 bridgehead atoms. The second kappa shape index (κ2) is 9.75. The number of hydrazone groups is 1. The van der Waals surface area contributed by atoms with Gasteiger partial charge in [-0.25, -0.2) is 9.82 Å². The number of aromatic nitrogens is 1. The molecule has 0 aliphatic heterocycles. The molecule has 1 amide bonds. The number of amides is 1. The van der Waals surface area contributed by atoms with Crippen molar-refractivity contribution in [2.75, 3.05) is 0 Å². The van der Waals surface area contributed by atoms with Gasteiger partial charge in [-0.15, -0.1) is 0 Å². The lowest BCUT2D eigenvalue weighted by molar-refractivity contribution is 0.0955. The van der Waals surface area contributed by atoms with Crippen LogP contribution in [0.5, 0.6) is 5.75 Å². The van der Waals surface area contributed by atoms with Gasteiger partial charge >= 0.3 is 0 Å². The molecule has 0 aliphatic carbocycles. The molecular formula is C26H22FN3O2. The normalized spacial score (nSPS) is 11.2. The minimum absolute atomic E-state index is 0.270. The number of halogens is 1. The Labute approximate surface area is 185 Å².